The molecule has 3 aromatic carbocycles. The molecule has 0 aromatic heterocycles. The molecule has 1 aliphatic rings. The number of esters is 2. The largest absolute Gasteiger partial charge is 0.476 e. The zero-order valence-electron chi connectivity index (χ0n) is 19.6. The normalized spacial score (nSPS) is 14.7. The van der Waals surface area contributed by atoms with E-state index in [2.05, 4.69) is 5.32 Å². The zero-order chi connectivity index (χ0) is 26.7. The van der Waals surface area contributed by atoms with Crippen molar-refractivity contribution in [2.75, 3.05) is 30.4 Å². The molecule has 0 bridgehead atoms. The Morgan fingerprint density at radius 2 is 1.54 bits per heavy atom. The first-order valence-electron chi connectivity index (χ1n) is 10.8. The van der Waals surface area contributed by atoms with Crippen LogP contribution in [0.1, 0.15) is 20.7 Å². The van der Waals surface area contributed by atoms with E-state index in [1.165, 1.54) is 56.7 Å². The first kappa shape index (κ1) is 26.0. The third kappa shape index (κ3) is 5.37. The van der Waals surface area contributed by atoms with Crippen LogP contribution in [0.4, 0.5) is 11.4 Å². The Hall–Kier alpha value is -4.09. The number of amides is 1. The number of para-hydroxylation sites is 2. The number of halogens is 1. The van der Waals surface area contributed by atoms with Gasteiger partial charge in [0, 0.05) is 10.7 Å². The molecule has 0 saturated heterocycles. The number of nitrogens with zero attached hydrogens (tertiary/aromatic N) is 1. The van der Waals surface area contributed by atoms with Gasteiger partial charge < -0.3 is 19.5 Å². The maximum absolute atomic E-state index is 13.5. The fraction of sp³-hybridized carbons (Fsp3) is 0.160. The summed E-state index contributed by atoms with van der Waals surface area (Å²) in [5, 5.41) is 2.96. The van der Waals surface area contributed by atoms with Crippen molar-refractivity contribution in [1.29, 1.82) is 0 Å². The Bertz CT molecular complexity index is 1440. The van der Waals surface area contributed by atoms with E-state index in [4.69, 9.17) is 25.8 Å². The first-order valence-corrected chi connectivity index (χ1v) is 12.6. The van der Waals surface area contributed by atoms with Gasteiger partial charge in [-0.15, -0.1) is 0 Å². The van der Waals surface area contributed by atoms with Crippen LogP contribution < -0.4 is 14.4 Å². The maximum atomic E-state index is 13.5. The summed E-state index contributed by atoms with van der Waals surface area (Å²) >= 11 is 5.91. The number of rotatable bonds is 6. The molecule has 0 aliphatic carbocycles. The Balaban J connectivity index is 1.66. The highest BCUT2D eigenvalue weighted by Gasteiger charge is 2.37. The summed E-state index contributed by atoms with van der Waals surface area (Å²) in [7, 11) is -1.73. The van der Waals surface area contributed by atoms with Crippen molar-refractivity contribution in [2.45, 2.75) is 11.0 Å². The SMILES string of the molecule is COC(=O)c1cc(NC(=O)[C@H]2CN(S(=O)(=O)c3ccc(Cl)cc3)c3ccccc3O2)cc(C(=O)OC)c1. The minimum atomic E-state index is -4.08. The summed E-state index contributed by atoms with van der Waals surface area (Å²) in [4.78, 5) is 37.4. The van der Waals surface area contributed by atoms with Crippen LogP contribution in [0.25, 0.3) is 0 Å². The lowest BCUT2D eigenvalue weighted by atomic mass is 10.1. The van der Waals surface area contributed by atoms with Crippen LogP contribution in [0.5, 0.6) is 5.75 Å². The van der Waals surface area contributed by atoms with Gasteiger partial charge in [-0.2, -0.15) is 0 Å². The number of carbonyl (C=O) groups is 3. The van der Waals surface area contributed by atoms with Crippen molar-refractivity contribution in [1.82, 2.24) is 0 Å². The Kier molecular flexibility index (Phi) is 7.37. The molecule has 10 nitrogen and oxygen atoms in total. The number of ether oxygens (including phenoxy) is 3. The molecule has 1 amide bonds. The van der Waals surface area contributed by atoms with Crippen LogP contribution in [0.2, 0.25) is 5.02 Å². The van der Waals surface area contributed by atoms with Crippen LogP contribution in [0, 0.1) is 0 Å². The Morgan fingerprint density at radius 3 is 2.14 bits per heavy atom. The smallest absolute Gasteiger partial charge is 0.337 e. The monoisotopic (exact) mass is 544 g/mol. The molecule has 37 heavy (non-hydrogen) atoms. The number of carbonyl (C=O) groups excluding carboxylic acids is 3. The van der Waals surface area contributed by atoms with Crippen LogP contribution >= 0.6 is 11.6 Å². The summed E-state index contributed by atoms with van der Waals surface area (Å²) in [6.07, 6.45) is -1.26. The van der Waals surface area contributed by atoms with Gasteiger partial charge >= 0.3 is 11.9 Å². The second-order valence-electron chi connectivity index (χ2n) is 7.84. The quantitative estimate of drug-likeness (QED) is 0.467. The highest BCUT2D eigenvalue weighted by Crippen LogP contribution is 2.37. The van der Waals surface area contributed by atoms with Gasteiger partial charge in [0.15, 0.2) is 6.10 Å². The predicted octanol–water partition coefficient (Wildman–Crippen LogP) is 3.51. The van der Waals surface area contributed by atoms with E-state index in [9.17, 15) is 22.8 Å². The van der Waals surface area contributed by atoms with Crippen molar-refractivity contribution < 1.29 is 37.0 Å². The fourth-order valence-electron chi connectivity index (χ4n) is 3.69. The minimum Gasteiger partial charge on any atom is -0.476 e. The molecule has 1 heterocycles. The van der Waals surface area contributed by atoms with Crippen molar-refractivity contribution in [3.8, 4) is 5.75 Å². The van der Waals surface area contributed by atoms with Crippen LogP contribution in [0.3, 0.4) is 0 Å². The first-order chi connectivity index (χ1) is 17.6. The molecule has 0 radical (unpaired) electrons. The molecule has 1 N–H and O–H groups in total. The number of hydrogen-bond acceptors (Lipinski definition) is 8. The molecule has 192 valence electrons. The molecule has 3 aromatic rings. The molecule has 1 atom stereocenters. The van der Waals surface area contributed by atoms with Crippen molar-refractivity contribution in [2.24, 2.45) is 0 Å². The summed E-state index contributed by atoms with van der Waals surface area (Å²) in [6, 6.07) is 16.0. The van der Waals surface area contributed by atoms with E-state index in [1.54, 1.807) is 24.3 Å². The molecule has 1 aliphatic heterocycles. The molecule has 0 saturated carbocycles. The molecule has 12 heteroatoms. The third-order valence-electron chi connectivity index (χ3n) is 5.47. The number of nitrogens with one attached hydrogen (secondary N) is 1. The van der Waals surface area contributed by atoms with E-state index in [1.807, 2.05) is 0 Å². The molecular weight excluding hydrogens is 524 g/mol. The van der Waals surface area contributed by atoms with Crippen molar-refractivity contribution >= 4 is 50.8 Å². The van der Waals surface area contributed by atoms with Crippen LogP contribution in [0.15, 0.2) is 71.6 Å². The number of benzene rings is 3. The average Bonchev–Trinajstić information content (AvgIpc) is 2.91. The fourth-order valence-corrected chi connectivity index (χ4v) is 5.30. The topological polar surface area (TPSA) is 128 Å². The Labute approximate surface area is 217 Å². The average molecular weight is 545 g/mol. The van der Waals surface area contributed by atoms with Gasteiger partial charge in [0.1, 0.15) is 5.75 Å². The number of methoxy groups -OCH3 is 2. The highest BCUT2D eigenvalue weighted by atomic mass is 35.5. The number of hydrogen-bond donors (Lipinski definition) is 1. The van der Waals surface area contributed by atoms with Crippen LogP contribution in [-0.2, 0) is 24.3 Å². The molecule has 0 spiro atoms. The van der Waals surface area contributed by atoms with E-state index < -0.39 is 34.0 Å². The van der Waals surface area contributed by atoms with Gasteiger partial charge in [0.25, 0.3) is 15.9 Å². The van der Waals surface area contributed by atoms with E-state index in [-0.39, 0.29) is 39.7 Å². The van der Waals surface area contributed by atoms with E-state index in [0.717, 1.165) is 4.31 Å². The van der Waals surface area contributed by atoms with E-state index >= 15 is 0 Å². The van der Waals surface area contributed by atoms with Gasteiger partial charge in [-0.25, -0.2) is 18.0 Å². The summed E-state index contributed by atoms with van der Waals surface area (Å²) in [5.41, 5.74) is 0.357. The predicted molar refractivity (Wildman–Crippen MR) is 135 cm³/mol. The highest BCUT2D eigenvalue weighted by molar-refractivity contribution is 7.92. The number of anilines is 2. The van der Waals surface area contributed by atoms with Gasteiger partial charge in [0.2, 0.25) is 0 Å². The standard InChI is InChI=1S/C25H21ClN2O8S/c1-34-24(30)15-11-16(25(31)35-2)13-18(12-15)27-23(29)22-14-28(20-5-3-4-6-21(20)36-22)37(32,33)19-9-7-17(26)8-10-19/h3-13,22H,14H2,1-2H3,(H,27,29)/t22-/m1/s1. The third-order valence-corrected chi connectivity index (χ3v) is 7.52. The summed E-state index contributed by atoms with van der Waals surface area (Å²) in [5.74, 6) is -1.98. The minimum absolute atomic E-state index is 0.00236. The summed E-state index contributed by atoms with van der Waals surface area (Å²) in [6.45, 7) is -0.339. The van der Waals surface area contributed by atoms with Crippen molar-refractivity contribution in [3.63, 3.8) is 0 Å². The second kappa shape index (κ2) is 10.5. The lowest BCUT2D eigenvalue weighted by Crippen LogP contribution is -2.48. The van der Waals surface area contributed by atoms with Crippen LogP contribution in [-0.4, -0.2) is 53.1 Å². The van der Waals surface area contributed by atoms with Crippen molar-refractivity contribution in [3.05, 3.63) is 82.9 Å². The van der Waals surface area contributed by atoms with Gasteiger partial charge in [0.05, 0.1) is 42.5 Å². The molecule has 0 unspecified atom stereocenters. The van der Waals surface area contributed by atoms with E-state index in [0.29, 0.717) is 5.02 Å². The molecular formula is C25H21ClN2O8S. The lowest BCUT2D eigenvalue weighted by molar-refractivity contribution is -0.122. The Morgan fingerprint density at radius 1 is 0.946 bits per heavy atom. The molecule has 4 rings (SSSR count). The maximum Gasteiger partial charge on any atom is 0.337 e. The second-order valence-corrected chi connectivity index (χ2v) is 10.1. The number of sulfonamides is 1. The lowest BCUT2D eigenvalue weighted by Gasteiger charge is -2.34. The van der Waals surface area contributed by atoms with Gasteiger partial charge in [-0.05, 0) is 54.6 Å². The van der Waals surface area contributed by atoms with Gasteiger partial charge in [-0.1, -0.05) is 23.7 Å². The number of fused-ring (bicyclic) bond motifs is 1. The zero-order valence-corrected chi connectivity index (χ0v) is 21.2. The summed E-state index contributed by atoms with van der Waals surface area (Å²) < 4.78 is 43.3. The van der Waals surface area contributed by atoms with Gasteiger partial charge in [-0.3, -0.25) is 9.10 Å². The molecule has 0 fully saturated rings.